The van der Waals surface area contributed by atoms with Crippen LogP contribution in [0, 0.1) is 12.7 Å². The zero-order valence-electron chi connectivity index (χ0n) is 43.1. The Morgan fingerprint density at radius 3 is 1.66 bits per heavy atom. The van der Waals surface area contributed by atoms with Crippen molar-refractivity contribution in [2.75, 3.05) is 22.9 Å². The highest BCUT2D eigenvalue weighted by Gasteiger charge is 2.29. The summed E-state index contributed by atoms with van der Waals surface area (Å²) in [6, 6.07) is 7.52. The van der Waals surface area contributed by atoms with E-state index in [4.69, 9.17) is 16.6 Å². The van der Waals surface area contributed by atoms with Crippen molar-refractivity contribution in [3.05, 3.63) is 72.0 Å². The van der Waals surface area contributed by atoms with Crippen molar-refractivity contribution in [1.82, 2.24) is 36.4 Å². The molecule has 4 aromatic rings. The van der Waals surface area contributed by atoms with Crippen LogP contribution in [0.2, 0.25) is 0 Å². The molecule has 16 N–H and O–H groups in total. The van der Waals surface area contributed by atoms with E-state index in [0.29, 0.717) is 47.0 Å². The molecule has 0 aliphatic rings. The minimum absolute atomic E-state index is 0.0322. The van der Waals surface area contributed by atoms with Gasteiger partial charge in [0.05, 0.1) is 29.1 Å². The summed E-state index contributed by atoms with van der Waals surface area (Å²) in [6.07, 6.45) is -3.77. The lowest BCUT2D eigenvalue weighted by Crippen LogP contribution is -2.50. The van der Waals surface area contributed by atoms with Gasteiger partial charge in [-0.25, -0.2) is 28.4 Å². The van der Waals surface area contributed by atoms with Crippen LogP contribution in [0.3, 0.4) is 0 Å². The maximum atomic E-state index is 14.1. The maximum absolute atomic E-state index is 14.1. The second-order valence-electron chi connectivity index (χ2n) is 18.3. The summed E-state index contributed by atoms with van der Waals surface area (Å²) >= 11 is 0. The van der Waals surface area contributed by atoms with E-state index in [-0.39, 0.29) is 30.4 Å². The fourth-order valence-electron chi connectivity index (χ4n) is 7.86. The number of nitrogens with zero attached hydrogens (tertiary/aromatic N) is 2. The number of aliphatic carboxylic acids is 5. The number of nitrogen functional groups attached to an aromatic ring is 1. The van der Waals surface area contributed by atoms with Gasteiger partial charge in [0, 0.05) is 44.3 Å². The number of benzene rings is 3. The van der Waals surface area contributed by atoms with Gasteiger partial charge in [-0.2, -0.15) is 4.68 Å². The molecule has 29 heteroatoms. The number of unbranched alkanes of at least 4 members (excludes halogenated alkanes) is 2. The van der Waals surface area contributed by atoms with Crippen LogP contribution in [0.1, 0.15) is 93.8 Å². The molecule has 0 bridgehead atoms. The summed E-state index contributed by atoms with van der Waals surface area (Å²) in [5.41, 5.74) is 15.3. The number of carboxylic acids is 5. The van der Waals surface area contributed by atoms with E-state index in [0.717, 1.165) is 5.56 Å². The highest BCUT2D eigenvalue weighted by atomic mass is 19.1. The minimum Gasteiger partial charge on any atom is -0.481 e. The van der Waals surface area contributed by atoms with E-state index >= 15 is 0 Å². The molecule has 0 saturated carbocycles. The number of aryl methyl sites for hydroxylation is 1. The van der Waals surface area contributed by atoms with Gasteiger partial charge in [0.2, 0.25) is 35.4 Å². The van der Waals surface area contributed by atoms with Crippen LogP contribution in [-0.2, 0) is 47.9 Å². The van der Waals surface area contributed by atoms with E-state index < -0.39 is 159 Å². The number of rotatable bonds is 32. The Balaban J connectivity index is 1.15. The molecule has 1 aromatic heterocycles. The van der Waals surface area contributed by atoms with Crippen molar-refractivity contribution in [2.45, 2.75) is 121 Å². The van der Waals surface area contributed by atoms with Gasteiger partial charge in [-0.15, -0.1) is 5.10 Å². The number of urea groups is 1. The number of nitrogens with one attached hydrogen (secondary N) is 7. The molecule has 430 valence electrons. The van der Waals surface area contributed by atoms with E-state index in [1.165, 1.54) is 16.8 Å². The monoisotopic (exact) mass is 1120 g/mol. The van der Waals surface area contributed by atoms with Crippen molar-refractivity contribution in [3.8, 4) is 11.1 Å². The molecular weight excluding hydrogens is 1060 g/mol. The van der Waals surface area contributed by atoms with Crippen molar-refractivity contribution in [2.24, 2.45) is 5.73 Å². The van der Waals surface area contributed by atoms with Gasteiger partial charge in [0.25, 0.3) is 0 Å². The van der Waals surface area contributed by atoms with Crippen molar-refractivity contribution in [1.29, 1.82) is 0 Å². The molecule has 0 aliphatic carbocycles. The highest BCUT2D eigenvalue weighted by molar-refractivity contribution is 6.06. The summed E-state index contributed by atoms with van der Waals surface area (Å²) in [6.45, 7) is 1.91. The van der Waals surface area contributed by atoms with Gasteiger partial charge in [0.15, 0.2) is 5.82 Å². The number of aromatic nitrogens is 2. The second-order valence-corrected chi connectivity index (χ2v) is 18.3. The summed E-state index contributed by atoms with van der Waals surface area (Å²) in [5.74, 6) is -13.1. The normalized spacial score (nSPS) is 12.8. The van der Waals surface area contributed by atoms with Gasteiger partial charge in [-0.3, -0.25) is 33.6 Å². The van der Waals surface area contributed by atoms with E-state index in [1.807, 2.05) is 0 Å². The smallest absolute Gasteiger partial charge is 0.326 e. The number of carbonyl (C=O) groups is 12. The fraction of sp³-hybridized carbons (Fsp3) is 0.392. The predicted molar refractivity (Wildman–Crippen MR) is 281 cm³/mol. The predicted octanol–water partition coefficient (Wildman–Crippen LogP) is 1.89. The highest BCUT2D eigenvalue weighted by Crippen LogP contribution is 2.33. The SMILES string of the molecule is Cc1ccc(F)c(NC(=O)Nc2ccc(-c3cccc4c3c(N)nn4C(=O)CCCCCNC(=O)C[C@H](N)C(=O)N[C@@H](CCC(=O)N[C@@H](CCC(=O)N[C@@H](CCC(=O)N[C@@H](CCC(=O)O)C(=O)O)C(=O)O)C(=O)O)C(=O)O)cc2)c1. The Bertz CT molecular complexity index is 2970. The fourth-order valence-corrected chi connectivity index (χ4v) is 7.86. The van der Waals surface area contributed by atoms with Gasteiger partial charge >= 0.3 is 35.9 Å². The molecule has 0 aliphatic heterocycles. The number of fused-ring (bicyclic) bond motifs is 1. The van der Waals surface area contributed by atoms with Crippen molar-refractivity contribution < 1.29 is 87.5 Å². The molecule has 80 heavy (non-hydrogen) atoms. The van der Waals surface area contributed by atoms with Crippen LogP contribution in [0.15, 0.2) is 60.7 Å². The Morgan fingerprint density at radius 2 is 1.14 bits per heavy atom. The molecule has 28 nitrogen and oxygen atoms in total. The average Bonchev–Trinajstić information content (AvgIpc) is 3.80. The first-order chi connectivity index (χ1) is 37.8. The van der Waals surface area contributed by atoms with Gasteiger partial charge in [0.1, 0.15) is 30.0 Å². The van der Waals surface area contributed by atoms with Gasteiger partial charge in [-0.05, 0) is 92.5 Å². The number of amides is 7. The summed E-state index contributed by atoms with van der Waals surface area (Å²) < 4.78 is 15.4. The molecule has 0 fully saturated rings. The van der Waals surface area contributed by atoms with E-state index in [2.05, 4.69) is 42.3 Å². The lowest BCUT2D eigenvalue weighted by molar-refractivity contribution is -0.144. The first-order valence-electron chi connectivity index (χ1n) is 24.9. The van der Waals surface area contributed by atoms with Crippen LogP contribution in [0.25, 0.3) is 22.0 Å². The second kappa shape index (κ2) is 30.4. The van der Waals surface area contributed by atoms with Gasteiger partial charge < -0.3 is 74.2 Å². The van der Waals surface area contributed by atoms with Crippen molar-refractivity contribution >= 4 is 99.4 Å². The van der Waals surface area contributed by atoms with Crippen LogP contribution < -0.4 is 48.7 Å². The number of anilines is 3. The molecule has 0 saturated heterocycles. The molecule has 5 atom stereocenters. The third-order valence-electron chi connectivity index (χ3n) is 12.1. The third kappa shape index (κ3) is 20.1. The number of nitrogens with two attached hydrogens (primary N) is 2. The Kier molecular flexibility index (Phi) is 23.9. The lowest BCUT2D eigenvalue weighted by atomic mass is 10.0. The first-order valence-corrected chi connectivity index (χ1v) is 24.9. The first kappa shape index (κ1) is 63.0. The molecule has 4 rings (SSSR count). The number of carboxylic acid groups (broad SMARTS) is 5. The quantitative estimate of drug-likeness (QED) is 0.0310. The summed E-state index contributed by atoms with van der Waals surface area (Å²) in [7, 11) is 0. The topological polar surface area (TPSA) is 460 Å². The standard InChI is InChI=1S/C51H62FN11O17/c1-26-9-14-30(52)36(24-26)61-51(80)56-28-12-10-27(11-13-28)29-6-5-7-37-44(29)45(54)62-63(37)42(68)8-3-2-4-23-55-41(67)25-31(53)46(71)60-35(50(78)79)17-21-40(66)58-33(48(74)75)15-19-38(64)57-32(47(72)73)16-20-39(65)59-34(49(76)77)18-22-43(69)70/h5-7,9-14,24,31-35H,2-4,8,15-23,25,53H2,1H3,(H2,54,62)(H,55,67)(H,57,64)(H,58,66)(H,59,65)(H,60,71)(H,69,70)(H,72,73)(H,74,75)(H,76,77)(H,78,79)(H2,56,61,80)/t31-,32-,33-,34-,35-/m0/s1. The van der Waals surface area contributed by atoms with E-state index in [1.54, 1.807) is 55.5 Å². The molecule has 0 radical (unpaired) electrons. The average molecular weight is 1120 g/mol. The minimum atomic E-state index is -1.72. The van der Waals surface area contributed by atoms with Crippen LogP contribution in [0.5, 0.6) is 0 Å². The Hall–Kier alpha value is -9.54. The third-order valence-corrected chi connectivity index (χ3v) is 12.1. The van der Waals surface area contributed by atoms with Gasteiger partial charge in [-0.1, -0.05) is 36.8 Å². The number of carbonyl (C=O) groups excluding carboxylic acids is 7. The molecule has 0 unspecified atom stereocenters. The zero-order valence-corrected chi connectivity index (χ0v) is 43.1. The molecule has 0 spiro atoms. The Labute approximate surface area is 454 Å². The molecular formula is C51H62FN11O17. The lowest BCUT2D eigenvalue weighted by Gasteiger charge is -2.19. The van der Waals surface area contributed by atoms with Crippen LogP contribution >= 0.6 is 0 Å². The number of hydrogen-bond donors (Lipinski definition) is 14. The largest absolute Gasteiger partial charge is 0.481 e. The zero-order chi connectivity index (χ0) is 59.2. The Morgan fingerprint density at radius 1 is 0.613 bits per heavy atom. The molecule has 3 aromatic carbocycles. The summed E-state index contributed by atoms with van der Waals surface area (Å²) in [4.78, 5) is 146. The van der Waals surface area contributed by atoms with Crippen LogP contribution in [0.4, 0.5) is 26.4 Å². The van der Waals surface area contributed by atoms with Crippen molar-refractivity contribution in [3.63, 3.8) is 0 Å². The maximum Gasteiger partial charge on any atom is 0.326 e. The summed E-state index contributed by atoms with van der Waals surface area (Å²) in [5, 5.41) is 67.7. The molecule has 1 heterocycles. The number of halogens is 1. The van der Waals surface area contributed by atoms with Crippen LogP contribution in [-0.4, -0.2) is 143 Å². The molecule has 7 amide bonds. The van der Waals surface area contributed by atoms with E-state index in [9.17, 15) is 82.4 Å². The number of hydrogen-bond acceptors (Lipinski definition) is 15.